The Balaban J connectivity index is 3.05. The normalized spacial score (nSPS) is 12.9. The summed E-state index contributed by atoms with van der Waals surface area (Å²) < 4.78 is 1.71. The Morgan fingerprint density at radius 2 is 2.23 bits per heavy atom. The molecule has 0 amide bonds. The third kappa shape index (κ3) is 1.78. The second kappa shape index (κ2) is 3.70. The summed E-state index contributed by atoms with van der Waals surface area (Å²) in [7, 11) is 1.82. The summed E-state index contributed by atoms with van der Waals surface area (Å²) in [6, 6.07) is 0. The van der Waals surface area contributed by atoms with Crippen LogP contribution < -0.4 is 0 Å². The first-order valence-electron chi connectivity index (χ1n) is 4.19. The van der Waals surface area contributed by atoms with Gasteiger partial charge in [0, 0.05) is 24.7 Å². The van der Waals surface area contributed by atoms with Gasteiger partial charge in [0.05, 0.1) is 11.8 Å². The van der Waals surface area contributed by atoms with E-state index in [0.29, 0.717) is 0 Å². The van der Waals surface area contributed by atoms with Crippen LogP contribution in [0, 0.1) is 13.8 Å². The standard InChI is InChI=1S/C9H14N2O2/c1-6-9(8(13)4-5-12)7(2)11(3)10-6/h5,8,13H,4H2,1-3H3. The lowest BCUT2D eigenvalue weighted by atomic mass is 10.1. The number of nitrogens with zero attached hydrogens (tertiary/aromatic N) is 2. The highest BCUT2D eigenvalue weighted by Crippen LogP contribution is 2.22. The Labute approximate surface area is 77.2 Å². The van der Waals surface area contributed by atoms with E-state index in [4.69, 9.17) is 0 Å². The van der Waals surface area contributed by atoms with E-state index >= 15 is 0 Å². The number of carbonyl (C=O) groups excluding carboxylic acids is 1. The Morgan fingerprint density at radius 1 is 1.62 bits per heavy atom. The molecule has 0 radical (unpaired) electrons. The molecule has 1 atom stereocenters. The van der Waals surface area contributed by atoms with Gasteiger partial charge in [-0.2, -0.15) is 5.10 Å². The lowest BCUT2D eigenvalue weighted by molar-refractivity contribution is -0.109. The average Bonchev–Trinajstić information content (AvgIpc) is 2.27. The number of aliphatic hydroxyl groups is 1. The lowest BCUT2D eigenvalue weighted by Crippen LogP contribution is -2.01. The molecule has 0 spiro atoms. The van der Waals surface area contributed by atoms with Crippen molar-refractivity contribution in [3.05, 3.63) is 17.0 Å². The van der Waals surface area contributed by atoms with E-state index in [1.54, 1.807) is 4.68 Å². The minimum Gasteiger partial charge on any atom is -0.388 e. The maximum atomic E-state index is 10.2. The van der Waals surface area contributed by atoms with Crippen molar-refractivity contribution in [3.8, 4) is 0 Å². The quantitative estimate of drug-likeness (QED) is 0.698. The van der Waals surface area contributed by atoms with Gasteiger partial charge in [-0.25, -0.2) is 0 Å². The fourth-order valence-electron chi connectivity index (χ4n) is 1.48. The zero-order chi connectivity index (χ0) is 10.0. The molecular weight excluding hydrogens is 168 g/mol. The molecule has 1 unspecified atom stereocenters. The highest BCUT2D eigenvalue weighted by Gasteiger charge is 2.16. The van der Waals surface area contributed by atoms with Crippen molar-refractivity contribution < 1.29 is 9.90 Å². The number of aromatic nitrogens is 2. The number of hydrogen-bond donors (Lipinski definition) is 1. The summed E-state index contributed by atoms with van der Waals surface area (Å²) in [5.41, 5.74) is 2.47. The van der Waals surface area contributed by atoms with Gasteiger partial charge < -0.3 is 9.90 Å². The van der Waals surface area contributed by atoms with Crippen LogP contribution >= 0.6 is 0 Å². The molecule has 13 heavy (non-hydrogen) atoms. The minimum absolute atomic E-state index is 0.132. The van der Waals surface area contributed by atoms with E-state index in [1.165, 1.54) is 0 Å². The van der Waals surface area contributed by atoms with Gasteiger partial charge in [0.25, 0.3) is 0 Å². The molecular formula is C9H14N2O2. The fraction of sp³-hybridized carbons (Fsp3) is 0.556. The molecule has 72 valence electrons. The van der Waals surface area contributed by atoms with Gasteiger partial charge in [-0.3, -0.25) is 4.68 Å². The fourth-order valence-corrected chi connectivity index (χ4v) is 1.48. The molecule has 0 saturated heterocycles. The number of aryl methyl sites for hydroxylation is 2. The molecule has 1 aromatic rings. The molecule has 4 nitrogen and oxygen atoms in total. The second-order valence-electron chi connectivity index (χ2n) is 3.13. The van der Waals surface area contributed by atoms with Crippen molar-refractivity contribution >= 4 is 6.29 Å². The van der Waals surface area contributed by atoms with Crippen LogP contribution in [0.1, 0.15) is 29.5 Å². The minimum atomic E-state index is -0.716. The molecule has 0 bridgehead atoms. The lowest BCUT2D eigenvalue weighted by Gasteiger charge is -2.06. The monoisotopic (exact) mass is 182 g/mol. The van der Waals surface area contributed by atoms with Crippen LogP contribution in [0.5, 0.6) is 0 Å². The van der Waals surface area contributed by atoms with Gasteiger partial charge in [0.15, 0.2) is 0 Å². The van der Waals surface area contributed by atoms with Gasteiger partial charge in [-0.05, 0) is 13.8 Å². The van der Waals surface area contributed by atoms with E-state index in [1.807, 2.05) is 20.9 Å². The predicted molar refractivity (Wildman–Crippen MR) is 48.3 cm³/mol. The largest absolute Gasteiger partial charge is 0.388 e. The molecule has 0 fully saturated rings. The van der Waals surface area contributed by atoms with Crippen molar-refractivity contribution in [2.45, 2.75) is 26.4 Å². The molecule has 0 aliphatic heterocycles. The highest BCUT2D eigenvalue weighted by atomic mass is 16.3. The van der Waals surface area contributed by atoms with Crippen LogP contribution in [0.2, 0.25) is 0 Å². The first kappa shape index (κ1) is 9.92. The summed E-state index contributed by atoms with van der Waals surface area (Å²) in [5.74, 6) is 0. The number of carbonyl (C=O) groups is 1. The third-order valence-electron chi connectivity index (χ3n) is 2.22. The van der Waals surface area contributed by atoms with E-state index < -0.39 is 6.10 Å². The summed E-state index contributed by atoms with van der Waals surface area (Å²) >= 11 is 0. The Kier molecular flexibility index (Phi) is 2.83. The number of aliphatic hydroxyl groups excluding tert-OH is 1. The molecule has 0 aliphatic carbocycles. The van der Waals surface area contributed by atoms with Crippen LogP contribution in [-0.4, -0.2) is 21.2 Å². The Morgan fingerprint density at radius 3 is 2.62 bits per heavy atom. The summed E-state index contributed by atoms with van der Waals surface area (Å²) in [4.78, 5) is 10.2. The molecule has 1 rings (SSSR count). The van der Waals surface area contributed by atoms with E-state index in [0.717, 1.165) is 23.2 Å². The topological polar surface area (TPSA) is 55.1 Å². The first-order chi connectivity index (χ1) is 6.07. The van der Waals surface area contributed by atoms with E-state index in [2.05, 4.69) is 5.10 Å². The molecule has 0 aliphatic rings. The van der Waals surface area contributed by atoms with Gasteiger partial charge in [-0.15, -0.1) is 0 Å². The molecule has 0 saturated carbocycles. The predicted octanol–water partition coefficient (Wildman–Crippen LogP) is 0.659. The van der Waals surface area contributed by atoms with Crippen molar-refractivity contribution in [2.24, 2.45) is 7.05 Å². The first-order valence-corrected chi connectivity index (χ1v) is 4.19. The second-order valence-corrected chi connectivity index (χ2v) is 3.13. The molecule has 1 aromatic heterocycles. The highest BCUT2D eigenvalue weighted by molar-refractivity contribution is 5.51. The van der Waals surface area contributed by atoms with Crippen LogP contribution in [0.25, 0.3) is 0 Å². The SMILES string of the molecule is Cc1nn(C)c(C)c1C(O)CC=O. The number of aldehydes is 1. The summed E-state index contributed by atoms with van der Waals surface area (Å²) in [6.07, 6.45) is 0.135. The Bertz CT molecular complexity index is 318. The van der Waals surface area contributed by atoms with Gasteiger partial charge in [-0.1, -0.05) is 0 Å². The van der Waals surface area contributed by atoms with E-state index in [9.17, 15) is 9.90 Å². The maximum absolute atomic E-state index is 10.2. The van der Waals surface area contributed by atoms with Crippen LogP contribution in [0.4, 0.5) is 0 Å². The van der Waals surface area contributed by atoms with Crippen molar-refractivity contribution in [3.63, 3.8) is 0 Å². The van der Waals surface area contributed by atoms with Crippen LogP contribution in [0.15, 0.2) is 0 Å². The zero-order valence-corrected chi connectivity index (χ0v) is 8.11. The van der Waals surface area contributed by atoms with Gasteiger partial charge in [0.1, 0.15) is 6.29 Å². The van der Waals surface area contributed by atoms with Gasteiger partial charge >= 0.3 is 0 Å². The smallest absolute Gasteiger partial charge is 0.122 e. The van der Waals surface area contributed by atoms with Crippen molar-refractivity contribution in [1.29, 1.82) is 0 Å². The van der Waals surface area contributed by atoms with Crippen LogP contribution in [0.3, 0.4) is 0 Å². The molecule has 1 N–H and O–H groups in total. The summed E-state index contributed by atoms with van der Waals surface area (Å²) in [5, 5.41) is 13.8. The third-order valence-corrected chi connectivity index (χ3v) is 2.22. The Hall–Kier alpha value is -1.16. The van der Waals surface area contributed by atoms with Crippen molar-refractivity contribution in [2.75, 3.05) is 0 Å². The van der Waals surface area contributed by atoms with Crippen molar-refractivity contribution in [1.82, 2.24) is 9.78 Å². The molecule has 1 heterocycles. The number of hydrogen-bond acceptors (Lipinski definition) is 3. The number of rotatable bonds is 3. The van der Waals surface area contributed by atoms with Crippen LogP contribution in [-0.2, 0) is 11.8 Å². The van der Waals surface area contributed by atoms with Gasteiger partial charge in [0.2, 0.25) is 0 Å². The molecule has 4 heteroatoms. The summed E-state index contributed by atoms with van der Waals surface area (Å²) in [6.45, 7) is 3.71. The average molecular weight is 182 g/mol. The van der Waals surface area contributed by atoms with E-state index in [-0.39, 0.29) is 6.42 Å². The zero-order valence-electron chi connectivity index (χ0n) is 8.11. The molecule has 0 aromatic carbocycles. The maximum Gasteiger partial charge on any atom is 0.122 e.